The SMILES string of the molecule is CC([O])(O[Si](C)(C)C)C(F)(F)F. The molecule has 0 spiro atoms. The number of hydrogen-bond acceptors (Lipinski definition) is 1. The minimum absolute atomic E-state index is 0.505. The van der Waals surface area contributed by atoms with Crippen molar-refractivity contribution < 1.29 is 22.7 Å². The third-order valence-electron chi connectivity index (χ3n) is 1.02. The van der Waals surface area contributed by atoms with Gasteiger partial charge in [-0.15, -0.1) is 0 Å². The minimum atomic E-state index is -4.84. The maximum Gasteiger partial charge on any atom is 0.444 e. The van der Waals surface area contributed by atoms with Crippen molar-refractivity contribution in [3.63, 3.8) is 0 Å². The van der Waals surface area contributed by atoms with E-state index in [0.29, 0.717) is 6.92 Å². The molecular weight excluding hydrogens is 189 g/mol. The van der Waals surface area contributed by atoms with Gasteiger partial charge in [-0.25, -0.2) is 0 Å². The predicted molar refractivity (Wildman–Crippen MR) is 39.6 cm³/mol. The zero-order valence-corrected chi connectivity index (χ0v) is 8.45. The second-order valence-corrected chi connectivity index (χ2v) is 8.09. The van der Waals surface area contributed by atoms with Crippen molar-refractivity contribution in [3.8, 4) is 0 Å². The molecule has 0 aliphatic rings. The lowest BCUT2D eigenvalue weighted by atomic mass is 10.3. The molecule has 0 saturated carbocycles. The van der Waals surface area contributed by atoms with Gasteiger partial charge in [-0.2, -0.15) is 18.3 Å². The molecule has 0 aliphatic carbocycles. The summed E-state index contributed by atoms with van der Waals surface area (Å²) in [5.74, 6) is -3.27. The molecule has 0 bridgehead atoms. The van der Waals surface area contributed by atoms with Gasteiger partial charge in [0.05, 0.1) is 0 Å². The Bertz CT molecular complexity index is 159. The quantitative estimate of drug-likeness (QED) is 0.498. The molecule has 0 heterocycles. The molecule has 0 saturated heterocycles. The van der Waals surface area contributed by atoms with Gasteiger partial charge in [0.15, 0.2) is 8.32 Å². The molecule has 2 nitrogen and oxygen atoms in total. The van der Waals surface area contributed by atoms with Gasteiger partial charge in [-0.1, -0.05) is 0 Å². The first-order valence-electron chi connectivity index (χ1n) is 3.43. The van der Waals surface area contributed by atoms with Crippen LogP contribution in [-0.4, -0.2) is 20.3 Å². The zero-order valence-electron chi connectivity index (χ0n) is 7.45. The fourth-order valence-electron chi connectivity index (χ4n) is 0.642. The number of halogens is 3. The predicted octanol–water partition coefficient (Wildman–Crippen LogP) is 2.55. The van der Waals surface area contributed by atoms with Crippen molar-refractivity contribution in [2.24, 2.45) is 0 Å². The smallest absolute Gasteiger partial charge is 0.382 e. The molecule has 6 heteroatoms. The van der Waals surface area contributed by atoms with Crippen molar-refractivity contribution in [3.05, 3.63) is 0 Å². The lowest BCUT2D eigenvalue weighted by Gasteiger charge is -2.30. The van der Waals surface area contributed by atoms with Gasteiger partial charge in [-0.3, -0.25) is 0 Å². The molecule has 0 aromatic heterocycles. The maximum absolute atomic E-state index is 11.9. The summed E-state index contributed by atoms with van der Waals surface area (Å²) in [7, 11) is -2.43. The molecule has 0 amide bonds. The van der Waals surface area contributed by atoms with Crippen LogP contribution < -0.4 is 0 Å². The molecule has 1 radical (unpaired) electrons. The Labute approximate surface area is 70.5 Å². The van der Waals surface area contributed by atoms with Crippen LogP contribution in [0.25, 0.3) is 0 Å². The van der Waals surface area contributed by atoms with Crippen LogP contribution in [-0.2, 0) is 9.53 Å². The summed E-state index contributed by atoms with van der Waals surface area (Å²) < 4.78 is 40.3. The number of hydrogen-bond donors (Lipinski definition) is 0. The van der Waals surface area contributed by atoms with Crippen LogP contribution in [0.2, 0.25) is 19.6 Å². The van der Waals surface area contributed by atoms with Crippen molar-refractivity contribution in [1.82, 2.24) is 0 Å². The van der Waals surface area contributed by atoms with Crippen molar-refractivity contribution in [2.75, 3.05) is 0 Å². The molecule has 0 aromatic carbocycles. The number of rotatable bonds is 2. The van der Waals surface area contributed by atoms with E-state index in [1.807, 2.05) is 0 Å². The van der Waals surface area contributed by atoms with Gasteiger partial charge in [0, 0.05) is 6.92 Å². The van der Waals surface area contributed by atoms with Crippen LogP contribution in [0.4, 0.5) is 13.2 Å². The highest BCUT2D eigenvalue weighted by Gasteiger charge is 2.55. The normalized spacial score (nSPS) is 19.0. The van der Waals surface area contributed by atoms with E-state index in [2.05, 4.69) is 4.43 Å². The van der Waals surface area contributed by atoms with E-state index in [-0.39, 0.29) is 0 Å². The largest absolute Gasteiger partial charge is 0.444 e. The Hall–Kier alpha value is -0.0731. The van der Waals surface area contributed by atoms with E-state index >= 15 is 0 Å². The van der Waals surface area contributed by atoms with Gasteiger partial charge in [0.2, 0.25) is 0 Å². The average molecular weight is 201 g/mol. The molecule has 12 heavy (non-hydrogen) atoms. The average Bonchev–Trinajstić information content (AvgIpc) is 1.52. The van der Waals surface area contributed by atoms with Gasteiger partial charge in [0.25, 0.3) is 5.79 Å². The van der Waals surface area contributed by atoms with Gasteiger partial charge < -0.3 is 4.43 Å². The third kappa shape index (κ3) is 3.55. The standard InChI is InChI=1S/C6H12F3O2Si/c1-5(10,6(7,8)9)11-12(2,3)4/h1-4H3. The van der Waals surface area contributed by atoms with E-state index in [1.54, 1.807) is 0 Å². The highest BCUT2D eigenvalue weighted by molar-refractivity contribution is 6.69. The van der Waals surface area contributed by atoms with Crippen molar-refractivity contribution >= 4 is 8.32 Å². The van der Waals surface area contributed by atoms with Crippen LogP contribution in [0.1, 0.15) is 6.92 Å². The fourth-order valence-corrected chi connectivity index (χ4v) is 1.93. The van der Waals surface area contributed by atoms with Gasteiger partial charge in [-0.05, 0) is 19.6 Å². The number of alkyl halides is 3. The van der Waals surface area contributed by atoms with Crippen LogP contribution in [0.5, 0.6) is 0 Å². The summed E-state index contributed by atoms with van der Waals surface area (Å²) in [4.78, 5) is 0. The summed E-state index contributed by atoms with van der Waals surface area (Å²) in [5.41, 5.74) is 0. The first-order chi connectivity index (χ1) is 4.96. The lowest BCUT2D eigenvalue weighted by molar-refractivity contribution is -0.353. The van der Waals surface area contributed by atoms with Crippen LogP contribution in [0.15, 0.2) is 0 Å². The molecule has 0 aliphatic heterocycles. The Morgan fingerprint density at radius 3 is 1.58 bits per heavy atom. The first-order valence-corrected chi connectivity index (χ1v) is 6.84. The van der Waals surface area contributed by atoms with E-state index in [0.717, 1.165) is 0 Å². The third-order valence-corrected chi connectivity index (χ3v) is 2.02. The Morgan fingerprint density at radius 1 is 1.17 bits per heavy atom. The highest BCUT2D eigenvalue weighted by Crippen LogP contribution is 2.33. The van der Waals surface area contributed by atoms with Gasteiger partial charge >= 0.3 is 6.18 Å². The summed E-state index contributed by atoms with van der Waals surface area (Å²) >= 11 is 0. The summed E-state index contributed by atoms with van der Waals surface area (Å²) in [6, 6.07) is 0. The fraction of sp³-hybridized carbons (Fsp3) is 1.00. The van der Waals surface area contributed by atoms with E-state index in [9.17, 15) is 18.3 Å². The molecule has 1 unspecified atom stereocenters. The Balaban J connectivity index is 4.44. The van der Waals surface area contributed by atoms with E-state index in [4.69, 9.17) is 0 Å². The monoisotopic (exact) mass is 201 g/mol. The van der Waals surface area contributed by atoms with Crippen molar-refractivity contribution in [1.29, 1.82) is 0 Å². The second kappa shape index (κ2) is 3.01. The van der Waals surface area contributed by atoms with E-state index < -0.39 is 20.3 Å². The Morgan fingerprint density at radius 2 is 1.50 bits per heavy atom. The maximum atomic E-state index is 11.9. The zero-order chi connectivity index (χ0) is 10.2. The molecule has 73 valence electrons. The van der Waals surface area contributed by atoms with Crippen LogP contribution in [0.3, 0.4) is 0 Å². The molecule has 0 aromatic rings. The van der Waals surface area contributed by atoms with Crippen LogP contribution in [0, 0.1) is 0 Å². The summed E-state index contributed by atoms with van der Waals surface area (Å²) in [6.07, 6.45) is -4.84. The topological polar surface area (TPSA) is 29.1 Å². The first kappa shape index (κ1) is 11.9. The minimum Gasteiger partial charge on any atom is -0.382 e. The molecule has 1 atom stereocenters. The summed E-state index contributed by atoms with van der Waals surface area (Å²) in [5, 5.41) is 10.8. The summed E-state index contributed by atoms with van der Waals surface area (Å²) in [6.45, 7) is 5.12. The Kier molecular flexibility index (Phi) is 2.99. The molecular formula is C6H12F3O2Si. The highest BCUT2D eigenvalue weighted by atomic mass is 28.4. The lowest BCUT2D eigenvalue weighted by Crippen LogP contribution is -2.49. The van der Waals surface area contributed by atoms with Crippen molar-refractivity contribution in [2.45, 2.75) is 38.5 Å². The van der Waals surface area contributed by atoms with E-state index in [1.165, 1.54) is 19.6 Å². The molecule has 0 N–H and O–H groups in total. The van der Waals surface area contributed by atoms with Gasteiger partial charge in [0.1, 0.15) is 0 Å². The molecule has 0 fully saturated rings. The second-order valence-electron chi connectivity index (χ2n) is 3.66. The molecule has 0 rings (SSSR count). The van der Waals surface area contributed by atoms with Crippen LogP contribution >= 0.6 is 0 Å².